The van der Waals surface area contributed by atoms with Crippen LogP contribution in [0.25, 0.3) is 0 Å². The topological polar surface area (TPSA) is 85.9 Å². The molecule has 0 bridgehead atoms. The maximum absolute atomic E-state index is 13.4. The minimum absolute atomic E-state index is 0.398. The van der Waals surface area contributed by atoms with Gasteiger partial charge in [-0.25, -0.2) is 4.79 Å². The van der Waals surface area contributed by atoms with Gasteiger partial charge in [0, 0.05) is 27.0 Å². The molecule has 0 spiro atoms. The number of alkyl halides is 3. The van der Waals surface area contributed by atoms with Gasteiger partial charge in [-0.05, 0) is 6.92 Å². The van der Waals surface area contributed by atoms with Crippen LogP contribution in [0.15, 0.2) is 11.5 Å². The molecule has 0 radical (unpaired) electrons. The molecule has 0 saturated heterocycles. The van der Waals surface area contributed by atoms with Crippen LogP contribution >= 0.6 is 7.60 Å². The minimum atomic E-state index is -5.07. The van der Waals surface area contributed by atoms with Gasteiger partial charge in [-0.1, -0.05) is 0 Å². The Morgan fingerprint density at radius 2 is 1.90 bits per heavy atom. The standard InChI is InChI=1S/C9H14F3N2O5P/c1-4-19-8(9(10,11)12)6(5-13-7(15)14-8)20(16,17-2)18-3/h5H,4H2,1-3H3,(H2,13,14,15). The molecule has 0 fully saturated rings. The Labute approximate surface area is 113 Å². The lowest BCUT2D eigenvalue weighted by molar-refractivity contribution is -0.267. The molecule has 20 heavy (non-hydrogen) atoms. The number of nitrogens with one attached hydrogen (secondary N) is 2. The molecule has 1 rings (SSSR count). The predicted molar refractivity (Wildman–Crippen MR) is 61.8 cm³/mol. The lowest BCUT2D eigenvalue weighted by atomic mass is 10.1. The van der Waals surface area contributed by atoms with Crippen LogP contribution in [-0.2, 0) is 18.3 Å². The third kappa shape index (κ3) is 2.69. The van der Waals surface area contributed by atoms with Crippen LogP contribution < -0.4 is 10.6 Å². The third-order valence-electron chi connectivity index (χ3n) is 2.53. The molecular formula is C9H14F3N2O5P. The van der Waals surface area contributed by atoms with Crippen LogP contribution in [0.4, 0.5) is 18.0 Å². The summed E-state index contributed by atoms with van der Waals surface area (Å²) in [5, 5.41) is 2.68. The Hall–Kier alpha value is -1.09. The lowest BCUT2D eigenvalue weighted by Crippen LogP contribution is -2.65. The molecule has 1 atom stereocenters. The molecule has 0 aromatic carbocycles. The number of rotatable bonds is 5. The first-order chi connectivity index (χ1) is 9.16. The number of hydrogen-bond donors (Lipinski definition) is 2. The summed E-state index contributed by atoms with van der Waals surface area (Å²) in [4.78, 5) is 11.2. The Balaban J connectivity index is 3.50. The van der Waals surface area contributed by atoms with Gasteiger partial charge >= 0.3 is 19.8 Å². The van der Waals surface area contributed by atoms with Crippen LogP contribution in [0.1, 0.15) is 6.92 Å². The summed E-state index contributed by atoms with van der Waals surface area (Å²) in [7, 11) is -2.44. The van der Waals surface area contributed by atoms with Crippen LogP contribution in [0.3, 0.4) is 0 Å². The Kier molecular flexibility index (Phi) is 4.86. The van der Waals surface area contributed by atoms with Crippen molar-refractivity contribution in [1.82, 2.24) is 10.6 Å². The van der Waals surface area contributed by atoms with Crippen LogP contribution in [0, 0.1) is 0 Å². The molecule has 1 aliphatic heterocycles. The number of urea groups is 1. The Morgan fingerprint density at radius 3 is 2.30 bits per heavy atom. The van der Waals surface area contributed by atoms with Crippen molar-refractivity contribution >= 4 is 13.6 Å². The van der Waals surface area contributed by atoms with Crippen molar-refractivity contribution < 1.29 is 36.3 Å². The zero-order valence-electron chi connectivity index (χ0n) is 10.9. The molecule has 0 aliphatic carbocycles. The molecule has 0 aromatic rings. The highest BCUT2D eigenvalue weighted by molar-refractivity contribution is 7.58. The molecule has 1 aliphatic rings. The van der Waals surface area contributed by atoms with E-state index in [4.69, 9.17) is 0 Å². The number of amides is 2. The lowest BCUT2D eigenvalue weighted by Gasteiger charge is -2.40. The maximum Gasteiger partial charge on any atom is 0.441 e. The van der Waals surface area contributed by atoms with Gasteiger partial charge in [0.2, 0.25) is 0 Å². The second-order valence-corrected chi connectivity index (χ2v) is 5.81. The number of halogens is 3. The molecule has 2 N–H and O–H groups in total. The van der Waals surface area contributed by atoms with E-state index in [9.17, 15) is 22.5 Å². The van der Waals surface area contributed by atoms with Crippen molar-refractivity contribution in [2.75, 3.05) is 20.8 Å². The van der Waals surface area contributed by atoms with E-state index >= 15 is 0 Å². The predicted octanol–water partition coefficient (Wildman–Crippen LogP) is 1.92. The van der Waals surface area contributed by atoms with Gasteiger partial charge < -0.3 is 19.1 Å². The van der Waals surface area contributed by atoms with E-state index in [2.05, 4.69) is 13.8 Å². The minimum Gasteiger partial charge on any atom is -0.344 e. The highest BCUT2D eigenvalue weighted by atomic mass is 31.2. The first kappa shape index (κ1) is 17.0. The summed E-state index contributed by atoms with van der Waals surface area (Å²) in [5.41, 5.74) is -3.27. The van der Waals surface area contributed by atoms with Gasteiger partial charge in [-0.2, -0.15) is 13.2 Å². The van der Waals surface area contributed by atoms with E-state index < -0.39 is 37.4 Å². The van der Waals surface area contributed by atoms with Crippen molar-refractivity contribution in [2.24, 2.45) is 0 Å². The molecule has 7 nitrogen and oxygen atoms in total. The molecule has 0 aromatic heterocycles. The molecule has 11 heteroatoms. The summed E-state index contributed by atoms with van der Waals surface area (Å²) in [6.45, 7) is 0.897. The molecule has 0 saturated carbocycles. The van der Waals surface area contributed by atoms with E-state index in [1.54, 1.807) is 5.32 Å². The smallest absolute Gasteiger partial charge is 0.344 e. The molecule has 1 heterocycles. The van der Waals surface area contributed by atoms with E-state index in [1.165, 1.54) is 6.92 Å². The molecule has 1 unspecified atom stereocenters. The Morgan fingerprint density at radius 1 is 1.35 bits per heavy atom. The van der Waals surface area contributed by atoms with Gasteiger partial charge in [-0.15, -0.1) is 0 Å². The summed E-state index contributed by atoms with van der Waals surface area (Å²) in [6, 6.07) is -1.15. The summed E-state index contributed by atoms with van der Waals surface area (Å²) >= 11 is 0. The quantitative estimate of drug-likeness (QED) is 0.757. The van der Waals surface area contributed by atoms with Crippen LogP contribution in [0.2, 0.25) is 0 Å². The highest BCUT2D eigenvalue weighted by Gasteiger charge is 2.66. The van der Waals surface area contributed by atoms with Gasteiger partial charge in [0.25, 0.3) is 5.72 Å². The van der Waals surface area contributed by atoms with E-state index in [-0.39, 0.29) is 0 Å². The van der Waals surface area contributed by atoms with Crippen molar-refractivity contribution in [3.05, 3.63) is 11.5 Å². The van der Waals surface area contributed by atoms with E-state index in [1.807, 2.05) is 5.32 Å². The fraction of sp³-hybridized carbons (Fsp3) is 0.667. The molecular weight excluding hydrogens is 304 g/mol. The third-order valence-corrected chi connectivity index (χ3v) is 4.52. The van der Waals surface area contributed by atoms with Crippen LogP contribution in [-0.4, -0.2) is 38.8 Å². The van der Waals surface area contributed by atoms with Gasteiger partial charge in [0.1, 0.15) is 5.31 Å². The fourth-order valence-electron chi connectivity index (χ4n) is 1.66. The van der Waals surface area contributed by atoms with Gasteiger partial charge in [-0.3, -0.25) is 9.88 Å². The first-order valence-electron chi connectivity index (χ1n) is 5.39. The van der Waals surface area contributed by atoms with Gasteiger partial charge in [0.05, 0.1) is 0 Å². The van der Waals surface area contributed by atoms with E-state index in [0.717, 1.165) is 14.2 Å². The maximum atomic E-state index is 13.4. The van der Waals surface area contributed by atoms with Crippen LogP contribution in [0.5, 0.6) is 0 Å². The second-order valence-electron chi connectivity index (χ2n) is 3.60. The number of ether oxygens (including phenoxy) is 1. The zero-order chi connectivity index (χ0) is 15.6. The largest absolute Gasteiger partial charge is 0.441 e. The normalized spacial score (nSPS) is 23.9. The zero-order valence-corrected chi connectivity index (χ0v) is 11.8. The summed E-state index contributed by atoms with van der Waals surface area (Å²) in [5.74, 6) is 0. The first-order valence-corrected chi connectivity index (χ1v) is 6.93. The van der Waals surface area contributed by atoms with Crippen molar-refractivity contribution in [1.29, 1.82) is 0 Å². The SMILES string of the molecule is CCOC1(C(F)(F)F)NC(=O)NC=C1P(=O)(OC)OC. The van der Waals surface area contributed by atoms with Crippen molar-refractivity contribution in [3.63, 3.8) is 0 Å². The number of hydrogen-bond acceptors (Lipinski definition) is 5. The summed E-state index contributed by atoms with van der Waals surface area (Å²) < 4.78 is 66.1. The molecule has 116 valence electrons. The number of carbonyl (C=O) groups is 1. The highest BCUT2D eigenvalue weighted by Crippen LogP contribution is 2.61. The van der Waals surface area contributed by atoms with Crippen molar-refractivity contribution in [2.45, 2.75) is 18.8 Å². The second kappa shape index (κ2) is 5.72. The van der Waals surface area contributed by atoms with Gasteiger partial charge in [0.15, 0.2) is 0 Å². The Bertz CT molecular complexity index is 459. The fourth-order valence-corrected chi connectivity index (χ4v) is 3.06. The number of carbonyl (C=O) groups excluding carboxylic acids is 1. The molecule has 2 amide bonds. The monoisotopic (exact) mass is 318 g/mol. The van der Waals surface area contributed by atoms with E-state index in [0.29, 0.717) is 6.20 Å². The average molecular weight is 318 g/mol. The van der Waals surface area contributed by atoms with Crippen molar-refractivity contribution in [3.8, 4) is 0 Å². The summed E-state index contributed by atoms with van der Waals surface area (Å²) in [6.07, 6.45) is -4.45. The average Bonchev–Trinajstić information content (AvgIpc) is 2.37.